The number of carbonyl (C=O) groups excluding carboxylic acids is 1. The molecular formula is C16H16FNO3. The average molecular weight is 289 g/mol. The molecule has 1 aromatic heterocycles. The van der Waals surface area contributed by atoms with Crippen LogP contribution in [0.5, 0.6) is 0 Å². The normalized spacial score (nSPS) is 18.8. The van der Waals surface area contributed by atoms with Gasteiger partial charge in [-0.25, -0.2) is 4.39 Å². The molecule has 21 heavy (non-hydrogen) atoms. The van der Waals surface area contributed by atoms with Crippen LogP contribution in [0.2, 0.25) is 0 Å². The van der Waals surface area contributed by atoms with Crippen molar-refractivity contribution in [1.29, 1.82) is 0 Å². The lowest BCUT2D eigenvalue weighted by Gasteiger charge is -2.30. The topological polar surface area (TPSA) is 42.7 Å². The molecule has 0 N–H and O–H groups in total. The van der Waals surface area contributed by atoms with Crippen LogP contribution in [-0.4, -0.2) is 36.6 Å². The lowest BCUT2D eigenvalue weighted by Crippen LogP contribution is -2.44. The first-order chi connectivity index (χ1) is 10.1. The molecule has 0 bridgehead atoms. The summed E-state index contributed by atoms with van der Waals surface area (Å²) in [6.45, 7) is 3.60. The average Bonchev–Trinajstić information content (AvgIpc) is 2.97. The molecule has 110 valence electrons. The van der Waals surface area contributed by atoms with Gasteiger partial charge in [0.2, 0.25) is 0 Å². The molecule has 1 fully saturated rings. The largest absolute Gasteiger partial charge is 0.451 e. The third kappa shape index (κ3) is 2.97. The first-order valence-corrected chi connectivity index (χ1v) is 6.90. The summed E-state index contributed by atoms with van der Waals surface area (Å²) in [6, 6.07) is 9.36. The maximum Gasteiger partial charge on any atom is 0.289 e. The van der Waals surface area contributed by atoms with Crippen LogP contribution in [0.3, 0.4) is 0 Å². The summed E-state index contributed by atoms with van der Waals surface area (Å²) in [4.78, 5) is 14.1. The molecule has 5 heteroatoms. The molecule has 0 aliphatic carbocycles. The first kappa shape index (κ1) is 13.8. The number of rotatable bonds is 2. The second-order valence-corrected chi connectivity index (χ2v) is 5.10. The van der Waals surface area contributed by atoms with Crippen molar-refractivity contribution >= 4 is 5.91 Å². The minimum absolute atomic E-state index is 0.0363. The fraction of sp³-hybridized carbons (Fsp3) is 0.312. The standard InChI is InChI=1S/C16H16FNO3/c1-11-10-18(8-9-20-11)16(19)15-7-6-14(21-15)12-2-4-13(17)5-3-12/h2-7,11H,8-10H2,1H3. The van der Waals surface area contributed by atoms with Gasteiger partial charge in [-0.15, -0.1) is 0 Å². The zero-order valence-electron chi connectivity index (χ0n) is 11.7. The van der Waals surface area contributed by atoms with E-state index in [1.54, 1.807) is 29.2 Å². The molecule has 0 spiro atoms. The monoisotopic (exact) mass is 289 g/mol. The van der Waals surface area contributed by atoms with Gasteiger partial charge in [0.25, 0.3) is 5.91 Å². The Morgan fingerprint density at radius 2 is 2.00 bits per heavy atom. The summed E-state index contributed by atoms with van der Waals surface area (Å²) < 4.78 is 23.9. The molecule has 1 atom stereocenters. The van der Waals surface area contributed by atoms with Crippen molar-refractivity contribution in [3.63, 3.8) is 0 Å². The Hall–Kier alpha value is -2.14. The maximum absolute atomic E-state index is 12.9. The van der Waals surface area contributed by atoms with Gasteiger partial charge in [0.15, 0.2) is 5.76 Å². The van der Waals surface area contributed by atoms with Crippen molar-refractivity contribution in [3.8, 4) is 11.3 Å². The molecule has 2 heterocycles. The summed E-state index contributed by atoms with van der Waals surface area (Å²) >= 11 is 0. The Balaban J connectivity index is 1.78. The number of carbonyl (C=O) groups is 1. The van der Waals surface area contributed by atoms with Gasteiger partial charge < -0.3 is 14.1 Å². The van der Waals surface area contributed by atoms with Gasteiger partial charge in [-0.2, -0.15) is 0 Å². The van der Waals surface area contributed by atoms with Gasteiger partial charge in [0.1, 0.15) is 11.6 Å². The van der Waals surface area contributed by atoms with Crippen LogP contribution in [0.1, 0.15) is 17.5 Å². The number of hydrogen-bond acceptors (Lipinski definition) is 3. The van der Waals surface area contributed by atoms with Crippen LogP contribution in [-0.2, 0) is 4.74 Å². The number of amides is 1. The third-order valence-electron chi connectivity index (χ3n) is 3.47. The Bertz CT molecular complexity index is 635. The van der Waals surface area contributed by atoms with E-state index in [0.29, 0.717) is 31.2 Å². The van der Waals surface area contributed by atoms with Crippen molar-refractivity contribution in [2.75, 3.05) is 19.7 Å². The third-order valence-corrected chi connectivity index (χ3v) is 3.47. The second kappa shape index (κ2) is 5.69. The molecule has 1 aliphatic rings. The van der Waals surface area contributed by atoms with Gasteiger partial charge in [0, 0.05) is 18.7 Å². The Morgan fingerprint density at radius 3 is 2.71 bits per heavy atom. The molecular weight excluding hydrogens is 273 g/mol. The molecule has 1 amide bonds. The molecule has 4 nitrogen and oxygen atoms in total. The minimum Gasteiger partial charge on any atom is -0.451 e. The summed E-state index contributed by atoms with van der Waals surface area (Å²) in [5.74, 6) is 0.408. The van der Waals surface area contributed by atoms with E-state index in [0.717, 1.165) is 5.56 Å². The fourth-order valence-corrected chi connectivity index (χ4v) is 2.38. The van der Waals surface area contributed by atoms with E-state index in [9.17, 15) is 9.18 Å². The maximum atomic E-state index is 12.9. The van der Waals surface area contributed by atoms with E-state index in [1.807, 2.05) is 6.92 Å². The summed E-state index contributed by atoms with van der Waals surface area (Å²) in [5, 5.41) is 0. The molecule has 0 saturated carbocycles. The molecule has 1 aliphatic heterocycles. The minimum atomic E-state index is -0.302. The molecule has 2 aromatic rings. The quantitative estimate of drug-likeness (QED) is 0.853. The summed E-state index contributed by atoms with van der Waals surface area (Å²) in [7, 11) is 0. The van der Waals surface area contributed by atoms with E-state index in [2.05, 4.69) is 0 Å². The molecule has 1 aromatic carbocycles. The molecule has 0 radical (unpaired) electrons. The summed E-state index contributed by atoms with van der Waals surface area (Å²) in [5.41, 5.74) is 0.741. The number of nitrogens with zero attached hydrogens (tertiary/aromatic N) is 1. The number of ether oxygens (including phenoxy) is 1. The van der Waals surface area contributed by atoms with E-state index in [4.69, 9.17) is 9.15 Å². The molecule has 1 saturated heterocycles. The lowest BCUT2D eigenvalue weighted by molar-refractivity contribution is -0.0134. The van der Waals surface area contributed by atoms with Crippen molar-refractivity contribution in [1.82, 2.24) is 4.90 Å². The highest BCUT2D eigenvalue weighted by molar-refractivity contribution is 5.92. The SMILES string of the molecule is CC1CN(C(=O)c2ccc(-c3ccc(F)cc3)o2)CCO1. The smallest absolute Gasteiger partial charge is 0.289 e. The number of halogens is 1. The lowest BCUT2D eigenvalue weighted by atomic mass is 10.2. The number of morpholine rings is 1. The fourth-order valence-electron chi connectivity index (χ4n) is 2.38. The highest BCUT2D eigenvalue weighted by atomic mass is 19.1. The van der Waals surface area contributed by atoms with Crippen molar-refractivity contribution < 1.29 is 18.3 Å². The molecule has 3 rings (SSSR count). The van der Waals surface area contributed by atoms with Gasteiger partial charge in [-0.05, 0) is 43.3 Å². The predicted molar refractivity (Wildman–Crippen MR) is 75.4 cm³/mol. The van der Waals surface area contributed by atoms with Gasteiger partial charge in [-0.1, -0.05) is 0 Å². The first-order valence-electron chi connectivity index (χ1n) is 6.90. The number of hydrogen-bond donors (Lipinski definition) is 0. The Morgan fingerprint density at radius 1 is 1.24 bits per heavy atom. The van der Waals surface area contributed by atoms with E-state index in [1.165, 1.54) is 12.1 Å². The highest BCUT2D eigenvalue weighted by Gasteiger charge is 2.24. The zero-order valence-corrected chi connectivity index (χ0v) is 11.7. The van der Waals surface area contributed by atoms with Crippen LogP contribution in [0.15, 0.2) is 40.8 Å². The summed E-state index contributed by atoms with van der Waals surface area (Å²) in [6.07, 6.45) is 0.0363. The molecule has 1 unspecified atom stereocenters. The van der Waals surface area contributed by atoms with Crippen LogP contribution >= 0.6 is 0 Å². The van der Waals surface area contributed by atoms with Crippen molar-refractivity contribution in [3.05, 3.63) is 48.0 Å². The van der Waals surface area contributed by atoms with Crippen LogP contribution in [0, 0.1) is 5.82 Å². The van der Waals surface area contributed by atoms with E-state index >= 15 is 0 Å². The van der Waals surface area contributed by atoms with Crippen LogP contribution in [0.4, 0.5) is 4.39 Å². The van der Waals surface area contributed by atoms with Gasteiger partial charge in [0.05, 0.1) is 12.7 Å². The predicted octanol–water partition coefficient (Wildman–Crippen LogP) is 2.95. The van der Waals surface area contributed by atoms with Crippen LogP contribution in [0.25, 0.3) is 11.3 Å². The number of furan rings is 1. The van der Waals surface area contributed by atoms with E-state index < -0.39 is 0 Å². The van der Waals surface area contributed by atoms with Crippen LogP contribution < -0.4 is 0 Å². The Kier molecular flexibility index (Phi) is 3.75. The highest BCUT2D eigenvalue weighted by Crippen LogP contribution is 2.23. The number of benzene rings is 1. The van der Waals surface area contributed by atoms with Crippen molar-refractivity contribution in [2.45, 2.75) is 13.0 Å². The van der Waals surface area contributed by atoms with Crippen molar-refractivity contribution in [2.24, 2.45) is 0 Å². The van der Waals surface area contributed by atoms with Gasteiger partial charge in [-0.3, -0.25) is 4.79 Å². The second-order valence-electron chi connectivity index (χ2n) is 5.10. The zero-order chi connectivity index (χ0) is 14.8. The Labute approximate surface area is 122 Å². The van der Waals surface area contributed by atoms with E-state index in [-0.39, 0.29) is 17.8 Å². The van der Waals surface area contributed by atoms with Gasteiger partial charge >= 0.3 is 0 Å².